The highest BCUT2D eigenvalue weighted by Gasteiger charge is 2.26. The number of benzene rings is 1. The number of nitrogens with two attached hydrogens (primary N) is 1. The fourth-order valence-electron chi connectivity index (χ4n) is 3.33. The van der Waals surface area contributed by atoms with Gasteiger partial charge in [-0.2, -0.15) is 9.36 Å². The number of H-pyrrole nitrogens is 1. The quantitative estimate of drug-likeness (QED) is 0.698. The van der Waals surface area contributed by atoms with Crippen molar-refractivity contribution in [3.63, 3.8) is 0 Å². The number of pyridine rings is 1. The Morgan fingerprint density at radius 2 is 1.89 bits per heavy atom. The molecule has 0 bridgehead atoms. The first-order chi connectivity index (χ1) is 13.5. The zero-order valence-electron chi connectivity index (χ0n) is 15.4. The molecule has 1 fully saturated rings. The number of hydrogen-bond acceptors (Lipinski definition) is 7. The van der Waals surface area contributed by atoms with Crippen molar-refractivity contribution in [1.29, 1.82) is 0 Å². The molecule has 1 aliphatic heterocycles. The van der Waals surface area contributed by atoms with Crippen LogP contribution in [0.2, 0.25) is 0 Å². The Morgan fingerprint density at radius 1 is 1.18 bits per heavy atom. The molecule has 0 saturated carbocycles. The number of carbonyl (C=O) groups is 1. The minimum absolute atomic E-state index is 0.165. The average molecular weight is 396 g/mol. The number of carbonyl (C=O) groups excluding carboxylic acids is 1. The summed E-state index contributed by atoms with van der Waals surface area (Å²) in [5.74, 6) is 0.00740. The van der Waals surface area contributed by atoms with Crippen LogP contribution in [0.15, 0.2) is 41.2 Å². The molecular formula is C19H20N6O2S. The molecule has 1 amide bonds. The molecule has 3 heterocycles. The number of nitrogens with one attached hydrogen (secondary N) is 1. The maximum absolute atomic E-state index is 13.0. The highest BCUT2D eigenvalue weighted by molar-refractivity contribution is 7.09. The molecule has 0 spiro atoms. The summed E-state index contributed by atoms with van der Waals surface area (Å²) in [5.41, 5.74) is 7.95. The topological polar surface area (TPSA) is 108 Å². The van der Waals surface area contributed by atoms with Crippen molar-refractivity contribution < 1.29 is 4.79 Å². The molecule has 1 aromatic carbocycles. The third-order valence-electron chi connectivity index (χ3n) is 4.82. The Kier molecular flexibility index (Phi) is 4.82. The lowest BCUT2D eigenvalue weighted by Gasteiger charge is -2.34. The summed E-state index contributed by atoms with van der Waals surface area (Å²) in [6, 6.07) is 11.4. The van der Waals surface area contributed by atoms with E-state index in [9.17, 15) is 9.59 Å². The largest absolute Gasteiger partial charge is 0.367 e. The highest BCUT2D eigenvalue weighted by atomic mass is 32.1. The van der Waals surface area contributed by atoms with Crippen LogP contribution in [0.3, 0.4) is 0 Å². The minimum atomic E-state index is -0.360. The van der Waals surface area contributed by atoms with Crippen LogP contribution >= 0.6 is 11.5 Å². The number of aryl methyl sites for hydroxylation is 1. The van der Waals surface area contributed by atoms with Gasteiger partial charge >= 0.3 is 0 Å². The number of rotatable bonds is 3. The molecular weight excluding hydrogens is 376 g/mol. The van der Waals surface area contributed by atoms with E-state index in [1.165, 1.54) is 11.5 Å². The first kappa shape index (κ1) is 18.2. The van der Waals surface area contributed by atoms with Gasteiger partial charge in [0.2, 0.25) is 11.1 Å². The Labute approximate surface area is 165 Å². The van der Waals surface area contributed by atoms with E-state index < -0.39 is 0 Å². The molecule has 0 aliphatic carbocycles. The summed E-state index contributed by atoms with van der Waals surface area (Å²) in [6.45, 7) is 4.09. The molecule has 1 saturated heterocycles. The average Bonchev–Trinajstić information content (AvgIpc) is 3.15. The Balaban J connectivity index is 1.55. The Bertz CT molecular complexity index is 1050. The normalized spacial score (nSPS) is 14.3. The van der Waals surface area contributed by atoms with Gasteiger partial charge in [-0.05, 0) is 18.6 Å². The van der Waals surface area contributed by atoms with Crippen molar-refractivity contribution in [2.75, 3.05) is 36.8 Å². The van der Waals surface area contributed by atoms with E-state index in [4.69, 9.17) is 5.73 Å². The van der Waals surface area contributed by atoms with Crippen LogP contribution < -0.4 is 16.2 Å². The van der Waals surface area contributed by atoms with Gasteiger partial charge < -0.3 is 20.5 Å². The van der Waals surface area contributed by atoms with Gasteiger partial charge in [-0.25, -0.2) is 0 Å². The highest BCUT2D eigenvalue weighted by Crippen LogP contribution is 2.23. The fourth-order valence-corrected chi connectivity index (χ4v) is 3.97. The lowest BCUT2D eigenvalue weighted by Crippen LogP contribution is -2.49. The van der Waals surface area contributed by atoms with Gasteiger partial charge in [-0.3, -0.25) is 9.59 Å². The summed E-state index contributed by atoms with van der Waals surface area (Å²) in [4.78, 5) is 36.2. The number of aromatic amines is 1. The lowest BCUT2D eigenvalue weighted by atomic mass is 10.0. The number of aromatic nitrogens is 3. The van der Waals surface area contributed by atoms with E-state index in [1.807, 2.05) is 42.2 Å². The predicted octanol–water partition coefficient (Wildman–Crippen LogP) is 1.75. The van der Waals surface area contributed by atoms with Crippen molar-refractivity contribution in [2.24, 2.45) is 0 Å². The Morgan fingerprint density at radius 3 is 2.54 bits per heavy atom. The zero-order valence-corrected chi connectivity index (χ0v) is 16.2. The van der Waals surface area contributed by atoms with Crippen molar-refractivity contribution in [1.82, 2.24) is 19.2 Å². The summed E-state index contributed by atoms with van der Waals surface area (Å²) in [6.07, 6.45) is 0. The van der Waals surface area contributed by atoms with Crippen LogP contribution in [0.1, 0.15) is 16.1 Å². The van der Waals surface area contributed by atoms with Crippen LogP contribution in [-0.2, 0) is 0 Å². The van der Waals surface area contributed by atoms with Gasteiger partial charge in [0, 0.05) is 49.0 Å². The lowest BCUT2D eigenvalue weighted by molar-refractivity contribution is 0.0745. The molecule has 0 atom stereocenters. The van der Waals surface area contributed by atoms with Crippen molar-refractivity contribution in [2.45, 2.75) is 6.92 Å². The fraction of sp³-hybridized carbons (Fsp3) is 0.263. The SMILES string of the molecule is Cc1[nH]c(=O)c(C(=O)N2CCN(c3nc(N)ns3)CC2)cc1-c1ccccc1. The molecule has 9 heteroatoms. The monoisotopic (exact) mass is 396 g/mol. The first-order valence-corrected chi connectivity index (χ1v) is 9.73. The second kappa shape index (κ2) is 7.43. The smallest absolute Gasteiger partial charge is 0.261 e. The van der Waals surface area contributed by atoms with Crippen molar-refractivity contribution in [3.8, 4) is 11.1 Å². The van der Waals surface area contributed by atoms with Gasteiger partial charge in [0.1, 0.15) is 5.56 Å². The summed E-state index contributed by atoms with van der Waals surface area (Å²) in [5, 5.41) is 0.754. The van der Waals surface area contributed by atoms with E-state index in [2.05, 4.69) is 14.3 Å². The van der Waals surface area contributed by atoms with E-state index >= 15 is 0 Å². The maximum atomic E-state index is 13.0. The number of nitrogens with zero attached hydrogens (tertiary/aromatic N) is 4. The summed E-state index contributed by atoms with van der Waals surface area (Å²) < 4.78 is 3.99. The third kappa shape index (κ3) is 3.48. The van der Waals surface area contributed by atoms with Gasteiger partial charge in [0.25, 0.3) is 11.5 Å². The second-order valence-electron chi connectivity index (χ2n) is 6.63. The molecule has 3 aromatic rings. The number of hydrogen-bond donors (Lipinski definition) is 2. The van der Waals surface area contributed by atoms with Crippen LogP contribution in [-0.4, -0.2) is 51.3 Å². The van der Waals surface area contributed by atoms with Crippen LogP contribution in [0.4, 0.5) is 11.1 Å². The van der Waals surface area contributed by atoms with E-state index in [0.717, 1.165) is 22.0 Å². The molecule has 4 rings (SSSR count). The summed E-state index contributed by atoms with van der Waals surface area (Å²) >= 11 is 1.25. The standard InChI is InChI=1S/C19H20N6O2S/c1-12-14(13-5-3-2-4-6-13)11-15(16(26)21-12)17(27)24-7-9-25(10-8-24)19-22-18(20)23-28-19/h2-6,11H,7-10H2,1H3,(H2,20,23)(H,21,26). The molecule has 0 radical (unpaired) electrons. The van der Waals surface area contributed by atoms with Gasteiger partial charge in [0.15, 0.2) is 0 Å². The number of amides is 1. The molecule has 8 nitrogen and oxygen atoms in total. The van der Waals surface area contributed by atoms with Crippen LogP contribution in [0.25, 0.3) is 11.1 Å². The Hall–Kier alpha value is -3.20. The number of anilines is 2. The molecule has 144 valence electrons. The molecule has 3 N–H and O–H groups in total. The van der Waals surface area contributed by atoms with Crippen LogP contribution in [0.5, 0.6) is 0 Å². The van der Waals surface area contributed by atoms with Crippen molar-refractivity contribution >= 4 is 28.5 Å². The number of nitrogen functional groups attached to an aromatic ring is 1. The van der Waals surface area contributed by atoms with Gasteiger partial charge in [-0.1, -0.05) is 30.3 Å². The maximum Gasteiger partial charge on any atom is 0.261 e. The summed E-state index contributed by atoms with van der Waals surface area (Å²) in [7, 11) is 0. The number of piperazine rings is 1. The zero-order chi connectivity index (χ0) is 19.7. The third-order valence-corrected chi connectivity index (χ3v) is 5.61. The van der Waals surface area contributed by atoms with Gasteiger partial charge in [0.05, 0.1) is 0 Å². The molecule has 0 unspecified atom stereocenters. The minimum Gasteiger partial charge on any atom is -0.367 e. The molecule has 28 heavy (non-hydrogen) atoms. The van der Waals surface area contributed by atoms with E-state index in [0.29, 0.717) is 26.2 Å². The van der Waals surface area contributed by atoms with Crippen LogP contribution in [0, 0.1) is 6.92 Å². The first-order valence-electron chi connectivity index (χ1n) is 8.95. The molecule has 2 aromatic heterocycles. The second-order valence-corrected chi connectivity index (χ2v) is 7.36. The predicted molar refractivity (Wildman–Crippen MR) is 110 cm³/mol. The molecule has 1 aliphatic rings. The van der Waals surface area contributed by atoms with Gasteiger partial charge in [-0.15, -0.1) is 0 Å². The van der Waals surface area contributed by atoms with Crippen molar-refractivity contribution in [3.05, 3.63) is 58.0 Å². The van der Waals surface area contributed by atoms with E-state index in [1.54, 1.807) is 11.0 Å². The van der Waals surface area contributed by atoms with E-state index in [-0.39, 0.29) is 23.0 Å².